The van der Waals surface area contributed by atoms with Crippen LogP contribution in [0.4, 0.5) is 10.5 Å². The molecule has 1 aliphatic carbocycles. The Bertz CT molecular complexity index is 729. The molecule has 0 atom stereocenters. The van der Waals surface area contributed by atoms with Crippen LogP contribution < -0.4 is 16.0 Å². The average molecular weight is 402 g/mol. The van der Waals surface area contributed by atoms with Crippen molar-refractivity contribution in [3.05, 3.63) is 42.0 Å². The molecule has 29 heavy (non-hydrogen) atoms. The SMILES string of the molecule is CC(C)(C)OC(=O)NCC(=O)NCc1ccc(NC(=O)/C=C/C2CCCC2)cc1. The first kappa shape index (κ1) is 22.5. The van der Waals surface area contributed by atoms with Gasteiger partial charge in [-0.05, 0) is 63.3 Å². The Morgan fingerprint density at radius 3 is 2.34 bits per heavy atom. The largest absolute Gasteiger partial charge is 0.444 e. The van der Waals surface area contributed by atoms with Gasteiger partial charge in [-0.3, -0.25) is 9.59 Å². The number of anilines is 1. The molecule has 1 saturated carbocycles. The van der Waals surface area contributed by atoms with Crippen LogP contribution in [0.5, 0.6) is 0 Å². The van der Waals surface area contributed by atoms with Gasteiger partial charge in [-0.15, -0.1) is 0 Å². The molecule has 3 N–H and O–H groups in total. The second-order valence-electron chi connectivity index (χ2n) is 8.22. The number of benzene rings is 1. The topological polar surface area (TPSA) is 96.5 Å². The molecule has 1 fully saturated rings. The minimum absolute atomic E-state index is 0.133. The molecule has 0 aliphatic heterocycles. The van der Waals surface area contributed by atoms with Gasteiger partial charge in [0.05, 0.1) is 0 Å². The van der Waals surface area contributed by atoms with Crippen molar-refractivity contribution in [1.29, 1.82) is 0 Å². The van der Waals surface area contributed by atoms with Crippen molar-refractivity contribution in [3.63, 3.8) is 0 Å². The summed E-state index contributed by atoms with van der Waals surface area (Å²) in [5, 5.41) is 7.97. The van der Waals surface area contributed by atoms with Gasteiger partial charge in [0, 0.05) is 12.2 Å². The van der Waals surface area contributed by atoms with Gasteiger partial charge in [-0.1, -0.05) is 31.1 Å². The number of rotatable bonds is 7. The van der Waals surface area contributed by atoms with Gasteiger partial charge < -0.3 is 20.7 Å². The maximum absolute atomic E-state index is 12.0. The van der Waals surface area contributed by atoms with E-state index < -0.39 is 11.7 Å². The second kappa shape index (κ2) is 10.6. The Kier molecular flexibility index (Phi) is 8.24. The van der Waals surface area contributed by atoms with Crippen LogP contribution in [-0.2, 0) is 20.9 Å². The van der Waals surface area contributed by atoms with E-state index in [0.717, 1.165) is 18.4 Å². The number of hydrogen-bond acceptors (Lipinski definition) is 4. The van der Waals surface area contributed by atoms with E-state index in [-0.39, 0.29) is 18.4 Å². The summed E-state index contributed by atoms with van der Waals surface area (Å²) in [5.74, 6) is 0.0769. The molecule has 1 aromatic carbocycles. The molecular weight excluding hydrogens is 370 g/mol. The normalized spacial score (nSPS) is 14.6. The summed E-state index contributed by atoms with van der Waals surface area (Å²) in [7, 11) is 0. The quantitative estimate of drug-likeness (QED) is 0.609. The summed E-state index contributed by atoms with van der Waals surface area (Å²) in [6.45, 7) is 5.43. The summed E-state index contributed by atoms with van der Waals surface area (Å²) in [6.07, 6.45) is 7.79. The smallest absolute Gasteiger partial charge is 0.408 e. The summed E-state index contributed by atoms with van der Waals surface area (Å²) >= 11 is 0. The van der Waals surface area contributed by atoms with Gasteiger partial charge in [-0.25, -0.2) is 4.79 Å². The van der Waals surface area contributed by atoms with Crippen molar-refractivity contribution >= 4 is 23.6 Å². The highest BCUT2D eigenvalue weighted by molar-refractivity contribution is 5.99. The third-order valence-electron chi connectivity index (χ3n) is 4.42. The molecular formula is C22H31N3O4. The third-order valence-corrected chi connectivity index (χ3v) is 4.42. The fourth-order valence-electron chi connectivity index (χ4n) is 2.99. The van der Waals surface area contributed by atoms with Gasteiger partial charge in [0.1, 0.15) is 12.1 Å². The standard InChI is InChI=1S/C22H31N3O4/c1-22(2,3)29-21(28)24-15-20(27)23-14-17-8-11-18(12-9-17)25-19(26)13-10-16-6-4-5-7-16/h8-13,16H,4-7,14-15H2,1-3H3,(H,23,27)(H,24,28)(H,25,26)/b13-10+. The van der Waals surface area contributed by atoms with Crippen LogP contribution in [0.1, 0.15) is 52.0 Å². The molecule has 158 valence electrons. The first-order valence-electron chi connectivity index (χ1n) is 10.0. The lowest BCUT2D eigenvalue weighted by molar-refractivity contribution is -0.120. The molecule has 0 aromatic heterocycles. The molecule has 0 heterocycles. The lowest BCUT2D eigenvalue weighted by Crippen LogP contribution is -2.39. The number of nitrogens with one attached hydrogen (secondary N) is 3. The molecule has 0 radical (unpaired) electrons. The Hall–Kier alpha value is -2.83. The van der Waals surface area contributed by atoms with Gasteiger partial charge in [0.2, 0.25) is 11.8 Å². The number of alkyl carbamates (subject to hydrolysis) is 1. The Morgan fingerprint density at radius 1 is 1.07 bits per heavy atom. The zero-order chi connectivity index (χ0) is 21.3. The predicted octanol–water partition coefficient (Wildman–Crippen LogP) is 3.51. The van der Waals surface area contributed by atoms with E-state index in [1.165, 1.54) is 12.8 Å². The van der Waals surface area contributed by atoms with Gasteiger partial charge >= 0.3 is 6.09 Å². The van der Waals surface area contributed by atoms with E-state index in [9.17, 15) is 14.4 Å². The predicted molar refractivity (Wildman–Crippen MR) is 112 cm³/mol. The highest BCUT2D eigenvalue weighted by atomic mass is 16.6. The lowest BCUT2D eigenvalue weighted by Gasteiger charge is -2.19. The maximum Gasteiger partial charge on any atom is 0.408 e. The number of allylic oxidation sites excluding steroid dienone is 1. The fraction of sp³-hybridized carbons (Fsp3) is 0.500. The Labute approximate surface area is 172 Å². The number of amides is 3. The zero-order valence-corrected chi connectivity index (χ0v) is 17.4. The highest BCUT2D eigenvalue weighted by Gasteiger charge is 2.16. The molecule has 3 amide bonds. The van der Waals surface area contributed by atoms with E-state index in [4.69, 9.17) is 4.74 Å². The van der Waals surface area contributed by atoms with Crippen LogP contribution in [0.3, 0.4) is 0 Å². The summed E-state index contributed by atoms with van der Waals surface area (Å²) < 4.78 is 5.07. The minimum Gasteiger partial charge on any atom is -0.444 e. The molecule has 1 aromatic rings. The van der Waals surface area contributed by atoms with E-state index in [0.29, 0.717) is 18.2 Å². The van der Waals surface area contributed by atoms with Crippen LogP contribution >= 0.6 is 0 Å². The Balaban J connectivity index is 1.69. The van der Waals surface area contributed by atoms with Crippen LogP contribution in [-0.4, -0.2) is 30.1 Å². The van der Waals surface area contributed by atoms with Gasteiger partial charge in [0.25, 0.3) is 0 Å². The first-order chi connectivity index (χ1) is 13.7. The maximum atomic E-state index is 12.0. The molecule has 2 rings (SSSR count). The minimum atomic E-state index is -0.630. The molecule has 7 heteroatoms. The van der Waals surface area contributed by atoms with Crippen molar-refractivity contribution in [2.75, 3.05) is 11.9 Å². The fourth-order valence-corrected chi connectivity index (χ4v) is 2.99. The van der Waals surface area contributed by atoms with Crippen LogP contribution in [0.15, 0.2) is 36.4 Å². The van der Waals surface area contributed by atoms with Gasteiger partial charge in [-0.2, -0.15) is 0 Å². The number of hydrogen-bond donors (Lipinski definition) is 3. The first-order valence-corrected chi connectivity index (χ1v) is 10.0. The van der Waals surface area contributed by atoms with E-state index in [2.05, 4.69) is 16.0 Å². The molecule has 0 saturated heterocycles. The molecule has 0 spiro atoms. The summed E-state index contributed by atoms with van der Waals surface area (Å²) in [6, 6.07) is 7.25. The van der Waals surface area contributed by atoms with Crippen LogP contribution in [0.2, 0.25) is 0 Å². The molecule has 7 nitrogen and oxygen atoms in total. The average Bonchev–Trinajstić information content (AvgIpc) is 3.16. The summed E-state index contributed by atoms with van der Waals surface area (Å²) in [5.41, 5.74) is 0.979. The van der Waals surface area contributed by atoms with Gasteiger partial charge in [0.15, 0.2) is 0 Å². The van der Waals surface area contributed by atoms with Crippen molar-refractivity contribution in [2.45, 2.75) is 58.6 Å². The number of carbonyl (C=O) groups excluding carboxylic acids is 3. The number of ether oxygens (including phenoxy) is 1. The van der Waals surface area contributed by atoms with Crippen molar-refractivity contribution in [2.24, 2.45) is 5.92 Å². The highest BCUT2D eigenvalue weighted by Crippen LogP contribution is 2.25. The molecule has 1 aliphatic rings. The molecule has 0 unspecified atom stereocenters. The van der Waals surface area contributed by atoms with Crippen molar-refractivity contribution in [1.82, 2.24) is 10.6 Å². The van der Waals surface area contributed by atoms with Crippen molar-refractivity contribution < 1.29 is 19.1 Å². The van der Waals surface area contributed by atoms with E-state index in [1.54, 1.807) is 39.0 Å². The Morgan fingerprint density at radius 2 is 1.72 bits per heavy atom. The number of carbonyl (C=O) groups is 3. The van der Waals surface area contributed by atoms with Crippen molar-refractivity contribution in [3.8, 4) is 0 Å². The molecule has 0 bridgehead atoms. The van der Waals surface area contributed by atoms with E-state index in [1.807, 2.05) is 18.2 Å². The van der Waals surface area contributed by atoms with Crippen LogP contribution in [0.25, 0.3) is 0 Å². The monoisotopic (exact) mass is 401 g/mol. The van der Waals surface area contributed by atoms with Crippen LogP contribution in [0, 0.1) is 5.92 Å². The third kappa shape index (κ3) is 9.27. The van der Waals surface area contributed by atoms with E-state index >= 15 is 0 Å². The zero-order valence-electron chi connectivity index (χ0n) is 17.4. The lowest BCUT2D eigenvalue weighted by atomic mass is 10.1. The second-order valence-corrected chi connectivity index (χ2v) is 8.22. The summed E-state index contributed by atoms with van der Waals surface area (Å²) in [4.78, 5) is 35.3.